The highest BCUT2D eigenvalue weighted by atomic mass is 32.2. The first-order valence-corrected chi connectivity index (χ1v) is 8.04. The lowest BCUT2D eigenvalue weighted by Gasteiger charge is -2.41. The molecule has 0 radical (unpaired) electrons. The molecule has 0 unspecified atom stereocenters. The Bertz CT molecular complexity index is 184. The summed E-state index contributed by atoms with van der Waals surface area (Å²) >= 11 is 6.72. The largest absolute Gasteiger partial charge is 0.301 e. The minimum atomic E-state index is 0.559. The smallest absolute Gasteiger partial charge is 0.00729 e. The van der Waals surface area contributed by atoms with Gasteiger partial charge in [-0.05, 0) is 24.0 Å². The van der Waals surface area contributed by atoms with Crippen LogP contribution < -0.4 is 0 Å². The number of thiol groups is 1. The van der Waals surface area contributed by atoms with Crippen LogP contribution in [-0.4, -0.2) is 41.8 Å². The van der Waals surface area contributed by atoms with E-state index in [9.17, 15) is 0 Å². The maximum absolute atomic E-state index is 4.62. The molecule has 0 bridgehead atoms. The molecule has 1 saturated carbocycles. The molecule has 0 amide bonds. The fourth-order valence-electron chi connectivity index (χ4n) is 2.90. The van der Waals surface area contributed by atoms with Gasteiger partial charge in [-0.15, -0.1) is 0 Å². The van der Waals surface area contributed by atoms with Crippen molar-refractivity contribution in [2.45, 2.75) is 32.1 Å². The molecule has 0 spiro atoms. The Labute approximate surface area is 104 Å². The van der Waals surface area contributed by atoms with Crippen molar-refractivity contribution in [1.82, 2.24) is 4.90 Å². The maximum atomic E-state index is 4.62. The molecule has 0 aromatic carbocycles. The Morgan fingerprint density at radius 1 is 1.07 bits per heavy atom. The molecule has 0 atom stereocenters. The minimum Gasteiger partial charge on any atom is -0.301 e. The van der Waals surface area contributed by atoms with E-state index in [1.165, 1.54) is 63.2 Å². The van der Waals surface area contributed by atoms with Crippen molar-refractivity contribution in [3.63, 3.8) is 0 Å². The van der Waals surface area contributed by atoms with Crippen molar-refractivity contribution < 1.29 is 0 Å². The van der Waals surface area contributed by atoms with E-state index < -0.39 is 0 Å². The summed E-state index contributed by atoms with van der Waals surface area (Å²) in [6, 6.07) is 0. The van der Waals surface area contributed by atoms with Crippen LogP contribution in [0.1, 0.15) is 32.1 Å². The highest BCUT2D eigenvalue weighted by Crippen LogP contribution is 2.38. The van der Waals surface area contributed by atoms with Crippen LogP contribution in [0.2, 0.25) is 0 Å². The summed E-state index contributed by atoms with van der Waals surface area (Å²) in [5.74, 6) is 3.77. The standard InChI is InChI=1S/C12H23NS2/c14-11-12(4-2-1-3-5-12)10-13-6-8-15-9-7-13/h14H,1-11H2. The van der Waals surface area contributed by atoms with Crippen LogP contribution in [0.25, 0.3) is 0 Å². The number of nitrogens with zero attached hydrogens (tertiary/aromatic N) is 1. The molecule has 2 fully saturated rings. The van der Waals surface area contributed by atoms with E-state index in [1.807, 2.05) is 0 Å². The topological polar surface area (TPSA) is 3.24 Å². The van der Waals surface area contributed by atoms with Gasteiger partial charge >= 0.3 is 0 Å². The average Bonchev–Trinajstić information content (AvgIpc) is 2.32. The van der Waals surface area contributed by atoms with Crippen molar-refractivity contribution in [3.8, 4) is 0 Å². The summed E-state index contributed by atoms with van der Waals surface area (Å²) in [6.45, 7) is 3.93. The first-order valence-electron chi connectivity index (χ1n) is 6.26. The molecule has 1 saturated heterocycles. The van der Waals surface area contributed by atoms with Gasteiger partial charge in [0.1, 0.15) is 0 Å². The molecule has 1 heterocycles. The van der Waals surface area contributed by atoms with Crippen LogP contribution in [0, 0.1) is 5.41 Å². The molecule has 0 N–H and O–H groups in total. The van der Waals surface area contributed by atoms with Crippen molar-refractivity contribution in [2.24, 2.45) is 5.41 Å². The Balaban J connectivity index is 1.87. The minimum absolute atomic E-state index is 0.559. The summed E-state index contributed by atoms with van der Waals surface area (Å²) in [4.78, 5) is 2.68. The SMILES string of the molecule is SCC1(CN2CCSCC2)CCCCC1. The predicted octanol–water partition coefficient (Wildman–Crippen LogP) is 2.92. The van der Waals surface area contributed by atoms with Gasteiger partial charge in [-0.25, -0.2) is 0 Å². The van der Waals surface area contributed by atoms with Gasteiger partial charge in [-0.1, -0.05) is 19.3 Å². The Morgan fingerprint density at radius 2 is 1.73 bits per heavy atom. The fourth-order valence-corrected chi connectivity index (χ4v) is 4.30. The molecule has 1 aliphatic carbocycles. The molecule has 1 nitrogen and oxygen atoms in total. The second-order valence-corrected chi connectivity index (χ2v) is 6.65. The quantitative estimate of drug-likeness (QED) is 0.762. The van der Waals surface area contributed by atoms with E-state index in [0.29, 0.717) is 5.41 Å². The zero-order chi connectivity index (χ0) is 10.6. The van der Waals surface area contributed by atoms with Gasteiger partial charge in [-0.3, -0.25) is 0 Å². The highest BCUT2D eigenvalue weighted by Gasteiger charge is 2.32. The van der Waals surface area contributed by atoms with E-state index >= 15 is 0 Å². The molecule has 15 heavy (non-hydrogen) atoms. The van der Waals surface area contributed by atoms with E-state index in [1.54, 1.807) is 0 Å². The summed E-state index contributed by atoms with van der Waals surface area (Å²) in [7, 11) is 0. The molecule has 88 valence electrons. The Kier molecular flexibility index (Phi) is 4.71. The van der Waals surface area contributed by atoms with E-state index in [2.05, 4.69) is 29.3 Å². The number of hydrogen-bond donors (Lipinski definition) is 1. The number of thioether (sulfide) groups is 1. The lowest BCUT2D eigenvalue weighted by molar-refractivity contribution is 0.134. The van der Waals surface area contributed by atoms with Crippen molar-refractivity contribution in [1.29, 1.82) is 0 Å². The summed E-state index contributed by atoms with van der Waals surface area (Å²) in [6.07, 6.45) is 7.15. The molecule has 0 aromatic heterocycles. The van der Waals surface area contributed by atoms with Gasteiger partial charge in [0.25, 0.3) is 0 Å². The van der Waals surface area contributed by atoms with Gasteiger partial charge < -0.3 is 4.90 Å². The third-order valence-corrected chi connectivity index (χ3v) is 5.53. The Morgan fingerprint density at radius 3 is 2.33 bits per heavy atom. The highest BCUT2D eigenvalue weighted by molar-refractivity contribution is 7.99. The van der Waals surface area contributed by atoms with Crippen LogP contribution in [-0.2, 0) is 0 Å². The average molecular weight is 245 g/mol. The van der Waals surface area contributed by atoms with Crippen LogP contribution in [0.4, 0.5) is 0 Å². The van der Waals surface area contributed by atoms with Crippen LogP contribution in [0.3, 0.4) is 0 Å². The maximum Gasteiger partial charge on any atom is 0.00729 e. The van der Waals surface area contributed by atoms with E-state index in [0.717, 1.165) is 5.75 Å². The van der Waals surface area contributed by atoms with Crippen molar-refractivity contribution in [3.05, 3.63) is 0 Å². The summed E-state index contributed by atoms with van der Waals surface area (Å²) < 4.78 is 0. The Hall–Kier alpha value is 0.660. The van der Waals surface area contributed by atoms with Gasteiger partial charge in [0, 0.05) is 31.1 Å². The van der Waals surface area contributed by atoms with Crippen molar-refractivity contribution >= 4 is 24.4 Å². The van der Waals surface area contributed by atoms with Crippen molar-refractivity contribution in [2.75, 3.05) is 36.9 Å². The monoisotopic (exact) mass is 245 g/mol. The first-order chi connectivity index (χ1) is 7.35. The zero-order valence-corrected chi connectivity index (χ0v) is 11.3. The van der Waals surface area contributed by atoms with E-state index in [4.69, 9.17) is 0 Å². The second-order valence-electron chi connectivity index (χ2n) is 5.11. The fraction of sp³-hybridized carbons (Fsp3) is 1.00. The predicted molar refractivity (Wildman–Crippen MR) is 73.1 cm³/mol. The summed E-state index contributed by atoms with van der Waals surface area (Å²) in [5, 5.41) is 0. The molecule has 3 heteroatoms. The van der Waals surface area contributed by atoms with E-state index in [-0.39, 0.29) is 0 Å². The number of hydrogen-bond acceptors (Lipinski definition) is 3. The molecule has 1 aliphatic heterocycles. The van der Waals surface area contributed by atoms with Gasteiger partial charge in [0.15, 0.2) is 0 Å². The number of rotatable bonds is 3. The lowest BCUT2D eigenvalue weighted by Crippen LogP contribution is -2.43. The second kappa shape index (κ2) is 5.83. The zero-order valence-electron chi connectivity index (χ0n) is 9.58. The third-order valence-electron chi connectivity index (χ3n) is 3.91. The molecular formula is C12H23NS2. The molecule has 0 aromatic rings. The van der Waals surface area contributed by atoms with Gasteiger partial charge in [-0.2, -0.15) is 24.4 Å². The van der Waals surface area contributed by atoms with Gasteiger partial charge in [0.2, 0.25) is 0 Å². The normalized spacial score (nSPS) is 27.8. The molecular weight excluding hydrogens is 222 g/mol. The van der Waals surface area contributed by atoms with Gasteiger partial charge in [0.05, 0.1) is 0 Å². The first kappa shape index (κ1) is 12.1. The third kappa shape index (κ3) is 3.31. The van der Waals surface area contributed by atoms with Crippen LogP contribution in [0.15, 0.2) is 0 Å². The van der Waals surface area contributed by atoms with Crippen LogP contribution >= 0.6 is 24.4 Å². The van der Waals surface area contributed by atoms with Crippen LogP contribution in [0.5, 0.6) is 0 Å². The molecule has 2 rings (SSSR count). The lowest BCUT2D eigenvalue weighted by atomic mass is 9.75. The summed E-state index contributed by atoms with van der Waals surface area (Å²) in [5.41, 5.74) is 0.559. The molecule has 2 aliphatic rings.